The molecule has 0 aliphatic heterocycles. The first-order valence-electron chi connectivity index (χ1n) is 8.02. The molecule has 0 saturated carbocycles. The van der Waals surface area contributed by atoms with Crippen molar-refractivity contribution >= 4 is 32.3 Å². The molecule has 0 aliphatic rings. The van der Waals surface area contributed by atoms with Gasteiger partial charge in [-0.3, -0.25) is 0 Å². The van der Waals surface area contributed by atoms with Gasteiger partial charge in [0.25, 0.3) is 0 Å². The van der Waals surface area contributed by atoms with Crippen LogP contribution in [0.25, 0.3) is 0 Å². The number of sulfonamides is 1. The van der Waals surface area contributed by atoms with Gasteiger partial charge in [-0.15, -0.1) is 12.4 Å². The number of nitrogens with zero attached hydrogens (tertiary/aromatic N) is 1. The second-order valence-corrected chi connectivity index (χ2v) is 10.1. The monoisotopic (exact) mass is 433 g/mol. The molecule has 0 saturated heterocycles. The maximum atomic E-state index is 12.3. The van der Waals surface area contributed by atoms with Crippen molar-refractivity contribution in [3.63, 3.8) is 0 Å². The fraction of sp³-hybridized carbons (Fsp3) is 0.353. The SMILES string of the molecule is CC(C)c1ccc(C(N)CNS(=O)(=O)c2ccc(S(C)(=O)=O)nc2)cc1.Cl. The molecule has 0 bridgehead atoms. The van der Waals surface area contributed by atoms with Crippen molar-refractivity contribution in [3.8, 4) is 0 Å². The number of halogens is 1. The summed E-state index contributed by atoms with van der Waals surface area (Å²) in [6, 6.07) is 9.58. The highest BCUT2D eigenvalue weighted by atomic mass is 35.5. The Morgan fingerprint density at radius 3 is 2.00 bits per heavy atom. The van der Waals surface area contributed by atoms with Crippen molar-refractivity contribution in [3.05, 3.63) is 53.7 Å². The molecule has 3 N–H and O–H groups in total. The van der Waals surface area contributed by atoms with Crippen LogP contribution in [0.15, 0.2) is 52.5 Å². The van der Waals surface area contributed by atoms with Crippen LogP contribution in [0, 0.1) is 0 Å². The summed E-state index contributed by atoms with van der Waals surface area (Å²) < 4.78 is 49.8. The molecule has 10 heteroatoms. The fourth-order valence-electron chi connectivity index (χ4n) is 2.27. The topological polar surface area (TPSA) is 119 Å². The van der Waals surface area contributed by atoms with Gasteiger partial charge in [-0.05, 0) is 29.2 Å². The Balaban J connectivity index is 0.00000364. The predicted octanol–water partition coefficient (Wildman–Crippen LogP) is 2.01. The predicted molar refractivity (Wildman–Crippen MR) is 107 cm³/mol. The minimum Gasteiger partial charge on any atom is -0.323 e. The molecule has 0 radical (unpaired) electrons. The first-order valence-corrected chi connectivity index (χ1v) is 11.4. The lowest BCUT2D eigenvalue weighted by molar-refractivity contribution is 0.570. The summed E-state index contributed by atoms with van der Waals surface area (Å²) in [5.74, 6) is 0.404. The minimum atomic E-state index is -3.83. The molecule has 27 heavy (non-hydrogen) atoms. The van der Waals surface area contributed by atoms with Gasteiger partial charge in [0.1, 0.15) is 4.90 Å². The lowest BCUT2D eigenvalue weighted by atomic mass is 9.99. The number of aromatic nitrogens is 1. The molecule has 0 fully saturated rings. The summed E-state index contributed by atoms with van der Waals surface area (Å²) in [7, 11) is -7.32. The lowest BCUT2D eigenvalue weighted by Gasteiger charge is -2.15. The average Bonchev–Trinajstić information content (AvgIpc) is 2.59. The molecule has 1 unspecified atom stereocenters. The Morgan fingerprint density at radius 2 is 1.56 bits per heavy atom. The molecule has 0 amide bonds. The highest BCUT2D eigenvalue weighted by Crippen LogP contribution is 2.18. The Bertz CT molecular complexity index is 958. The van der Waals surface area contributed by atoms with Crippen LogP contribution in [0.4, 0.5) is 0 Å². The number of nitrogens with two attached hydrogens (primary N) is 1. The van der Waals surface area contributed by atoms with Crippen LogP contribution in [-0.2, 0) is 19.9 Å². The summed E-state index contributed by atoms with van der Waals surface area (Å²) in [6.07, 6.45) is 2.02. The molecule has 2 aromatic rings. The van der Waals surface area contributed by atoms with E-state index in [0.29, 0.717) is 5.92 Å². The lowest BCUT2D eigenvalue weighted by Crippen LogP contribution is -2.32. The summed E-state index contributed by atoms with van der Waals surface area (Å²) in [6.45, 7) is 4.19. The van der Waals surface area contributed by atoms with E-state index >= 15 is 0 Å². The van der Waals surface area contributed by atoms with Gasteiger partial charge in [0, 0.05) is 25.0 Å². The van der Waals surface area contributed by atoms with Crippen molar-refractivity contribution in [1.82, 2.24) is 9.71 Å². The molecule has 150 valence electrons. The fourth-order valence-corrected chi connectivity index (χ4v) is 3.84. The number of rotatable bonds is 7. The van der Waals surface area contributed by atoms with Crippen LogP contribution in [0.2, 0.25) is 0 Å². The van der Waals surface area contributed by atoms with E-state index < -0.39 is 25.9 Å². The van der Waals surface area contributed by atoms with Crippen molar-refractivity contribution in [2.45, 2.75) is 35.7 Å². The van der Waals surface area contributed by atoms with E-state index in [1.807, 2.05) is 24.3 Å². The van der Waals surface area contributed by atoms with E-state index in [-0.39, 0.29) is 28.9 Å². The number of hydrogen-bond acceptors (Lipinski definition) is 6. The Kier molecular flexibility index (Phi) is 7.94. The standard InChI is InChI=1S/C17H23N3O4S2.ClH/c1-12(2)13-4-6-14(7-5-13)16(18)11-20-26(23,24)15-8-9-17(19-10-15)25(3,21)22;/h4-10,12,16,20H,11,18H2,1-3H3;1H. The van der Waals surface area contributed by atoms with Gasteiger partial charge in [0.15, 0.2) is 14.9 Å². The van der Waals surface area contributed by atoms with E-state index in [1.54, 1.807) is 0 Å². The Morgan fingerprint density at radius 1 is 1.00 bits per heavy atom. The third-order valence-corrected chi connectivity index (χ3v) is 6.33. The smallest absolute Gasteiger partial charge is 0.242 e. The number of pyridine rings is 1. The summed E-state index contributed by atoms with van der Waals surface area (Å²) in [4.78, 5) is 3.57. The number of hydrogen-bond donors (Lipinski definition) is 2. The van der Waals surface area contributed by atoms with Gasteiger partial charge >= 0.3 is 0 Å². The first kappa shape index (κ1) is 23.5. The van der Waals surface area contributed by atoms with E-state index in [1.165, 1.54) is 11.6 Å². The Hall–Kier alpha value is -1.52. The van der Waals surface area contributed by atoms with Crippen LogP contribution in [0.1, 0.15) is 36.9 Å². The zero-order valence-electron chi connectivity index (χ0n) is 15.3. The number of nitrogens with one attached hydrogen (secondary N) is 1. The van der Waals surface area contributed by atoms with Crippen LogP contribution in [0.5, 0.6) is 0 Å². The molecule has 1 heterocycles. The summed E-state index contributed by atoms with van der Waals surface area (Å²) >= 11 is 0. The molecular formula is C17H24ClN3O4S2. The zero-order chi connectivity index (χ0) is 19.5. The maximum absolute atomic E-state index is 12.3. The second-order valence-electron chi connectivity index (χ2n) is 6.38. The number of benzene rings is 1. The third kappa shape index (κ3) is 6.25. The van der Waals surface area contributed by atoms with Gasteiger partial charge in [-0.2, -0.15) is 0 Å². The van der Waals surface area contributed by atoms with Crippen molar-refractivity contribution in [1.29, 1.82) is 0 Å². The van der Waals surface area contributed by atoms with Gasteiger partial charge in [-0.1, -0.05) is 38.1 Å². The van der Waals surface area contributed by atoms with Crippen LogP contribution >= 0.6 is 12.4 Å². The normalized spacial score (nSPS) is 13.2. The number of sulfone groups is 1. The molecule has 1 atom stereocenters. The largest absolute Gasteiger partial charge is 0.323 e. The maximum Gasteiger partial charge on any atom is 0.242 e. The average molecular weight is 434 g/mol. The van der Waals surface area contributed by atoms with E-state index in [2.05, 4.69) is 23.6 Å². The Labute approximate surface area is 166 Å². The van der Waals surface area contributed by atoms with Crippen LogP contribution < -0.4 is 10.5 Å². The molecule has 0 aliphatic carbocycles. The van der Waals surface area contributed by atoms with Crippen molar-refractivity contribution in [2.24, 2.45) is 5.73 Å². The van der Waals surface area contributed by atoms with Crippen molar-refractivity contribution in [2.75, 3.05) is 12.8 Å². The van der Waals surface area contributed by atoms with Crippen molar-refractivity contribution < 1.29 is 16.8 Å². The van der Waals surface area contributed by atoms with Gasteiger partial charge in [0.2, 0.25) is 10.0 Å². The van der Waals surface area contributed by atoms with E-state index in [0.717, 1.165) is 24.1 Å². The van der Waals surface area contributed by atoms with Gasteiger partial charge in [0.05, 0.1) is 0 Å². The molecular weight excluding hydrogens is 410 g/mol. The zero-order valence-corrected chi connectivity index (χ0v) is 17.7. The molecule has 1 aromatic carbocycles. The molecule has 2 rings (SSSR count). The molecule has 1 aromatic heterocycles. The van der Waals surface area contributed by atoms with E-state index in [4.69, 9.17) is 5.73 Å². The second kappa shape index (κ2) is 9.11. The first-order chi connectivity index (χ1) is 12.0. The summed E-state index contributed by atoms with van der Waals surface area (Å²) in [5, 5.41) is -0.182. The molecule has 0 spiro atoms. The quantitative estimate of drug-likeness (QED) is 0.689. The molecule has 7 nitrogen and oxygen atoms in total. The van der Waals surface area contributed by atoms with Gasteiger partial charge in [-0.25, -0.2) is 26.5 Å². The highest BCUT2D eigenvalue weighted by molar-refractivity contribution is 7.90. The summed E-state index contributed by atoms with van der Waals surface area (Å²) in [5.41, 5.74) is 8.07. The highest BCUT2D eigenvalue weighted by Gasteiger charge is 2.18. The van der Waals surface area contributed by atoms with E-state index in [9.17, 15) is 16.8 Å². The third-order valence-electron chi connectivity index (χ3n) is 3.92. The van der Waals surface area contributed by atoms with Gasteiger partial charge < -0.3 is 5.73 Å². The minimum absolute atomic E-state index is 0. The van der Waals surface area contributed by atoms with Crippen LogP contribution in [0.3, 0.4) is 0 Å². The van der Waals surface area contributed by atoms with Crippen LogP contribution in [-0.4, -0.2) is 34.6 Å².